The van der Waals surface area contributed by atoms with Gasteiger partial charge < -0.3 is 10.1 Å². The summed E-state index contributed by atoms with van der Waals surface area (Å²) in [4.78, 5) is 13.5. The third kappa shape index (κ3) is 1.73. The quantitative estimate of drug-likeness (QED) is 0.836. The summed E-state index contributed by atoms with van der Waals surface area (Å²) in [5.41, 5.74) is 1.11. The summed E-state index contributed by atoms with van der Waals surface area (Å²) in [5.74, 6) is 0.807. The molecule has 1 N–H and O–H groups in total. The van der Waals surface area contributed by atoms with E-state index >= 15 is 0 Å². The topological polar surface area (TPSA) is 38.3 Å². The SMILES string of the molecule is COc1ccc2c(=O)c3c(sc2c1)CCNC3. The maximum atomic E-state index is 12.3. The molecule has 1 aromatic carbocycles. The van der Waals surface area contributed by atoms with Crippen molar-refractivity contribution in [2.24, 2.45) is 0 Å². The van der Waals surface area contributed by atoms with Crippen LogP contribution >= 0.6 is 11.3 Å². The van der Waals surface area contributed by atoms with E-state index in [0.717, 1.165) is 34.4 Å². The Morgan fingerprint density at radius 3 is 3.12 bits per heavy atom. The summed E-state index contributed by atoms with van der Waals surface area (Å²) in [6.45, 7) is 1.66. The van der Waals surface area contributed by atoms with Crippen molar-refractivity contribution in [3.63, 3.8) is 0 Å². The molecule has 0 saturated heterocycles. The molecule has 2 aromatic rings. The Labute approximate surface area is 103 Å². The van der Waals surface area contributed by atoms with Gasteiger partial charge in [0.2, 0.25) is 0 Å². The molecule has 1 aliphatic rings. The molecule has 17 heavy (non-hydrogen) atoms. The number of hydrogen-bond donors (Lipinski definition) is 1. The number of nitrogens with one attached hydrogen (secondary N) is 1. The fourth-order valence-electron chi connectivity index (χ4n) is 2.18. The van der Waals surface area contributed by atoms with E-state index in [1.807, 2.05) is 18.2 Å². The first kappa shape index (κ1) is 10.7. The highest BCUT2D eigenvalue weighted by molar-refractivity contribution is 7.18. The maximum absolute atomic E-state index is 12.3. The highest BCUT2D eigenvalue weighted by Crippen LogP contribution is 2.27. The second-order valence-corrected chi connectivity index (χ2v) is 5.26. The lowest BCUT2D eigenvalue weighted by atomic mass is 10.1. The second kappa shape index (κ2) is 4.13. The van der Waals surface area contributed by atoms with Gasteiger partial charge in [-0.1, -0.05) is 0 Å². The lowest BCUT2D eigenvalue weighted by Gasteiger charge is -2.16. The van der Waals surface area contributed by atoms with Gasteiger partial charge in [0.25, 0.3) is 0 Å². The Hall–Kier alpha value is -1.39. The third-order valence-electron chi connectivity index (χ3n) is 3.11. The van der Waals surface area contributed by atoms with Crippen LogP contribution in [0.2, 0.25) is 0 Å². The van der Waals surface area contributed by atoms with Crippen molar-refractivity contribution in [2.45, 2.75) is 13.0 Å². The van der Waals surface area contributed by atoms with Gasteiger partial charge in [0, 0.05) is 33.6 Å². The molecule has 0 unspecified atom stereocenters. The molecule has 0 aliphatic carbocycles. The average molecular weight is 247 g/mol. The normalized spacial score (nSPS) is 14.6. The summed E-state index contributed by atoms with van der Waals surface area (Å²) in [6.07, 6.45) is 0.947. The van der Waals surface area contributed by atoms with Crippen LogP contribution in [0.5, 0.6) is 5.75 Å². The second-order valence-electron chi connectivity index (χ2n) is 4.12. The van der Waals surface area contributed by atoms with Crippen LogP contribution in [-0.2, 0) is 13.0 Å². The zero-order valence-electron chi connectivity index (χ0n) is 9.58. The Morgan fingerprint density at radius 2 is 2.29 bits per heavy atom. The van der Waals surface area contributed by atoms with Crippen molar-refractivity contribution >= 4 is 21.4 Å². The van der Waals surface area contributed by atoms with Crippen LogP contribution in [0.3, 0.4) is 0 Å². The van der Waals surface area contributed by atoms with Crippen LogP contribution in [0.15, 0.2) is 23.0 Å². The zero-order chi connectivity index (χ0) is 11.8. The number of hydrogen-bond acceptors (Lipinski definition) is 4. The van der Waals surface area contributed by atoms with Gasteiger partial charge in [0.15, 0.2) is 5.43 Å². The predicted molar refractivity (Wildman–Crippen MR) is 70.1 cm³/mol. The van der Waals surface area contributed by atoms with Gasteiger partial charge in [-0.3, -0.25) is 4.79 Å². The van der Waals surface area contributed by atoms with E-state index in [9.17, 15) is 4.79 Å². The van der Waals surface area contributed by atoms with Crippen molar-refractivity contribution in [2.75, 3.05) is 13.7 Å². The molecule has 0 radical (unpaired) electrons. The largest absolute Gasteiger partial charge is 0.497 e. The Kier molecular flexibility index (Phi) is 2.61. The molecule has 3 rings (SSSR count). The number of rotatable bonds is 1. The zero-order valence-corrected chi connectivity index (χ0v) is 10.4. The van der Waals surface area contributed by atoms with E-state index in [0.29, 0.717) is 6.54 Å². The lowest BCUT2D eigenvalue weighted by Crippen LogP contribution is -2.28. The summed E-state index contributed by atoms with van der Waals surface area (Å²) in [7, 11) is 1.65. The van der Waals surface area contributed by atoms with Crippen molar-refractivity contribution in [3.05, 3.63) is 38.9 Å². The molecule has 0 saturated carbocycles. The van der Waals surface area contributed by atoms with Gasteiger partial charge in [0.1, 0.15) is 5.75 Å². The summed E-state index contributed by atoms with van der Waals surface area (Å²) in [6, 6.07) is 5.66. The van der Waals surface area contributed by atoms with Crippen LogP contribution in [-0.4, -0.2) is 13.7 Å². The van der Waals surface area contributed by atoms with E-state index in [-0.39, 0.29) is 5.43 Å². The van der Waals surface area contributed by atoms with E-state index in [1.165, 1.54) is 4.88 Å². The number of benzene rings is 1. The van der Waals surface area contributed by atoms with Crippen molar-refractivity contribution in [1.82, 2.24) is 5.32 Å². The van der Waals surface area contributed by atoms with Crippen molar-refractivity contribution in [3.8, 4) is 5.75 Å². The number of fused-ring (bicyclic) bond motifs is 2. The van der Waals surface area contributed by atoms with Crippen LogP contribution in [0, 0.1) is 0 Å². The fraction of sp³-hybridized carbons (Fsp3) is 0.308. The summed E-state index contributed by atoms with van der Waals surface area (Å²) < 4.78 is 6.22. The smallest absolute Gasteiger partial charge is 0.192 e. The van der Waals surface area contributed by atoms with Crippen LogP contribution in [0.25, 0.3) is 10.1 Å². The van der Waals surface area contributed by atoms with Gasteiger partial charge >= 0.3 is 0 Å². The van der Waals surface area contributed by atoms with Gasteiger partial charge in [-0.05, 0) is 24.6 Å². The minimum Gasteiger partial charge on any atom is -0.497 e. The van der Waals surface area contributed by atoms with E-state index in [1.54, 1.807) is 18.4 Å². The third-order valence-corrected chi connectivity index (χ3v) is 4.36. The standard InChI is InChI=1S/C13H13NO2S/c1-16-8-2-3-9-12(6-8)17-11-4-5-14-7-10(11)13(9)15/h2-3,6,14H,4-5,7H2,1H3. The Bertz CT molecular complexity index is 633. The predicted octanol–water partition coefficient (Wildman–Crippen LogP) is 1.92. The molecule has 1 aromatic heterocycles. The molecule has 88 valence electrons. The monoisotopic (exact) mass is 247 g/mol. The van der Waals surface area contributed by atoms with Crippen LogP contribution in [0.1, 0.15) is 10.4 Å². The minimum atomic E-state index is 0.170. The first-order chi connectivity index (χ1) is 8.29. The Balaban J connectivity index is 2.32. The lowest BCUT2D eigenvalue weighted by molar-refractivity contribution is 0.415. The Morgan fingerprint density at radius 1 is 1.41 bits per heavy atom. The average Bonchev–Trinajstić information content (AvgIpc) is 2.38. The number of methoxy groups -OCH3 is 1. The van der Waals surface area contributed by atoms with E-state index < -0.39 is 0 Å². The molecular weight excluding hydrogens is 234 g/mol. The van der Waals surface area contributed by atoms with Crippen molar-refractivity contribution < 1.29 is 4.74 Å². The molecule has 0 bridgehead atoms. The number of ether oxygens (including phenoxy) is 1. The van der Waals surface area contributed by atoms with E-state index in [4.69, 9.17) is 4.74 Å². The van der Waals surface area contributed by atoms with Gasteiger partial charge in [-0.15, -0.1) is 11.3 Å². The molecule has 2 heterocycles. The van der Waals surface area contributed by atoms with Gasteiger partial charge in [-0.2, -0.15) is 0 Å². The first-order valence-corrected chi connectivity index (χ1v) is 6.44. The van der Waals surface area contributed by atoms with Crippen LogP contribution < -0.4 is 15.5 Å². The highest BCUT2D eigenvalue weighted by Gasteiger charge is 2.15. The summed E-state index contributed by atoms with van der Waals surface area (Å²) >= 11 is 1.71. The van der Waals surface area contributed by atoms with Crippen molar-refractivity contribution in [1.29, 1.82) is 0 Å². The minimum absolute atomic E-state index is 0.170. The molecular formula is C13H13NO2S. The van der Waals surface area contributed by atoms with Gasteiger partial charge in [-0.25, -0.2) is 0 Å². The van der Waals surface area contributed by atoms with E-state index in [2.05, 4.69) is 5.32 Å². The van der Waals surface area contributed by atoms with Crippen LogP contribution in [0.4, 0.5) is 0 Å². The fourth-order valence-corrected chi connectivity index (χ4v) is 3.38. The summed E-state index contributed by atoms with van der Waals surface area (Å²) in [5, 5.41) is 4.05. The van der Waals surface area contributed by atoms with Gasteiger partial charge in [0.05, 0.1) is 7.11 Å². The highest BCUT2D eigenvalue weighted by atomic mass is 32.1. The molecule has 3 nitrogen and oxygen atoms in total. The molecule has 1 aliphatic heterocycles. The molecule has 0 atom stereocenters. The molecule has 0 spiro atoms. The first-order valence-electron chi connectivity index (χ1n) is 5.63. The molecule has 0 fully saturated rings. The molecule has 4 heteroatoms. The molecule has 0 amide bonds. The maximum Gasteiger partial charge on any atom is 0.192 e.